The third-order valence-electron chi connectivity index (χ3n) is 3.35. The minimum absolute atomic E-state index is 0.234. The molecule has 20 heavy (non-hydrogen) atoms. The fourth-order valence-electron chi connectivity index (χ4n) is 2.03. The summed E-state index contributed by atoms with van der Waals surface area (Å²) in [5, 5.41) is 13.6. The predicted molar refractivity (Wildman–Crippen MR) is 73.2 cm³/mol. The van der Waals surface area contributed by atoms with E-state index >= 15 is 0 Å². The van der Waals surface area contributed by atoms with Crippen molar-refractivity contribution in [3.63, 3.8) is 0 Å². The van der Waals surface area contributed by atoms with Crippen LogP contribution in [0.15, 0.2) is 0 Å². The summed E-state index contributed by atoms with van der Waals surface area (Å²) in [4.78, 5) is 36.1. The molecule has 0 aromatic heterocycles. The van der Waals surface area contributed by atoms with Crippen molar-refractivity contribution in [3.8, 4) is 0 Å². The van der Waals surface area contributed by atoms with E-state index in [1.807, 2.05) is 0 Å². The van der Waals surface area contributed by atoms with E-state index in [1.165, 1.54) is 26.7 Å². The van der Waals surface area contributed by atoms with Crippen LogP contribution in [0.2, 0.25) is 0 Å². The zero-order chi connectivity index (χ0) is 15.2. The first kappa shape index (κ1) is 16.4. The highest BCUT2D eigenvalue weighted by Crippen LogP contribution is 2.19. The summed E-state index contributed by atoms with van der Waals surface area (Å²) in [6, 6.07) is -0.574. The number of hydrogen-bond donors (Lipinski definition) is 3. The number of carboxylic acid groups (broad SMARTS) is 1. The van der Waals surface area contributed by atoms with Crippen LogP contribution >= 0.6 is 0 Å². The molecule has 1 heterocycles. The normalized spacial score (nSPS) is 15.9. The number of carbonyl (C=O) groups is 3. The summed E-state index contributed by atoms with van der Waals surface area (Å²) < 4.78 is 0. The number of imide groups is 1. The molecule has 1 rings (SSSR count). The van der Waals surface area contributed by atoms with Crippen LogP contribution in [0.1, 0.15) is 33.1 Å². The second kappa shape index (κ2) is 7.23. The number of rotatable bonds is 6. The standard InChI is InChI=1S/C13H23N3O4/c1-13(2,11(18)19)9-10(17)15-12(20)14-5-8-16-6-3-4-7-16/h3-9H2,1-2H3,(H,18,19)(H2,14,15,17,20). The Morgan fingerprint density at radius 1 is 1.20 bits per heavy atom. The Balaban J connectivity index is 2.20. The van der Waals surface area contributed by atoms with E-state index in [0.29, 0.717) is 6.54 Å². The van der Waals surface area contributed by atoms with Crippen LogP contribution in [0.5, 0.6) is 0 Å². The van der Waals surface area contributed by atoms with Gasteiger partial charge in [0.15, 0.2) is 0 Å². The third-order valence-corrected chi connectivity index (χ3v) is 3.35. The summed E-state index contributed by atoms with van der Waals surface area (Å²) >= 11 is 0. The lowest BCUT2D eigenvalue weighted by molar-refractivity contribution is -0.149. The van der Waals surface area contributed by atoms with Crippen molar-refractivity contribution in [3.05, 3.63) is 0 Å². The first-order valence-corrected chi connectivity index (χ1v) is 6.85. The van der Waals surface area contributed by atoms with E-state index in [2.05, 4.69) is 15.5 Å². The molecule has 0 radical (unpaired) electrons. The van der Waals surface area contributed by atoms with Gasteiger partial charge in [-0.3, -0.25) is 14.9 Å². The van der Waals surface area contributed by atoms with Gasteiger partial charge in [0.25, 0.3) is 0 Å². The number of nitrogens with zero attached hydrogens (tertiary/aromatic N) is 1. The fraction of sp³-hybridized carbons (Fsp3) is 0.769. The fourth-order valence-corrected chi connectivity index (χ4v) is 2.03. The number of hydrogen-bond acceptors (Lipinski definition) is 4. The Kier molecular flexibility index (Phi) is 5.94. The predicted octanol–water partition coefficient (Wildman–Crippen LogP) is 0.409. The quantitative estimate of drug-likeness (QED) is 0.656. The number of nitrogens with one attached hydrogen (secondary N) is 2. The van der Waals surface area contributed by atoms with Crippen LogP contribution in [0.25, 0.3) is 0 Å². The van der Waals surface area contributed by atoms with Gasteiger partial charge in [-0.05, 0) is 39.8 Å². The summed E-state index contributed by atoms with van der Waals surface area (Å²) in [6.45, 7) is 6.23. The molecule has 0 aliphatic carbocycles. The lowest BCUT2D eigenvalue weighted by Crippen LogP contribution is -2.44. The van der Waals surface area contributed by atoms with Gasteiger partial charge in [-0.2, -0.15) is 0 Å². The van der Waals surface area contributed by atoms with Crippen LogP contribution < -0.4 is 10.6 Å². The average molecular weight is 285 g/mol. The van der Waals surface area contributed by atoms with E-state index in [0.717, 1.165) is 19.6 Å². The van der Waals surface area contributed by atoms with Crippen molar-refractivity contribution in [2.45, 2.75) is 33.1 Å². The molecule has 3 amide bonds. The molecule has 7 nitrogen and oxygen atoms in total. The maximum absolute atomic E-state index is 11.5. The summed E-state index contributed by atoms with van der Waals surface area (Å²) in [6.07, 6.45) is 2.14. The first-order valence-electron chi connectivity index (χ1n) is 6.85. The monoisotopic (exact) mass is 285 g/mol. The van der Waals surface area contributed by atoms with Crippen molar-refractivity contribution in [2.24, 2.45) is 5.41 Å². The number of likely N-dealkylation sites (tertiary alicyclic amines) is 1. The van der Waals surface area contributed by atoms with Gasteiger partial charge in [-0.25, -0.2) is 4.79 Å². The number of carboxylic acids is 1. The molecular formula is C13H23N3O4. The van der Waals surface area contributed by atoms with Gasteiger partial charge in [0, 0.05) is 19.5 Å². The SMILES string of the molecule is CC(C)(CC(=O)NC(=O)NCCN1CCCC1)C(=O)O. The van der Waals surface area contributed by atoms with Gasteiger partial charge in [0.2, 0.25) is 5.91 Å². The summed E-state index contributed by atoms with van der Waals surface area (Å²) in [7, 11) is 0. The number of urea groups is 1. The highest BCUT2D eigenvalue weighted by atomic mass is 16.4. The average Bonchev–Trinajstić information content (AvgIpc) is 2.80. The Hall–Kier alpha value is -1.63. The number of amides is 3. The van der Waals surface area contributed by atoms with E-state index < -0.39 is 23.3 Å². The number of aliphatic carboxylic acids is 1. The van der Waals surface area contributed by atoms with E-state index in [9.17, 15) is 14.4 Å². The molecule has 0 saturated carbocycles. The van der Waals surface area contributed by atoms with Crippen LogP contribution in [-0.2, 0) is 9.59 Å². The van der Waals surface area contributed by atoms with E-state index in [4.69, 9.17) is 5.11 Å². The molecular weight excluding hydrogens is 262 g/mol. The summed E-state index contributed by atoms with van der Waals surface area (Å²) in [5.74, 6) is -1.65. The molecule has 0 aromatic carbocycles. The van der Waals surface area contributed by atoms with Crippen molar-refractivity contribution in [2.75, 3.05) is 26.2 Å². The van der Waals surface area contributed by atoms with Gasteiger partial charge in [0.1, 0.15) is 0 Å². The highest BCUT2D eigenvalue weighted by Gasteiger charge is 2.30. The third kappa shape index (κ3) is 5.56. The molecule has 0 aromatic rings. The van der Waals surface area contributed by atoms with Crippen molar-refractivity contribution < 1.29 is 19.5 Å². The van der Waals surface area contributed by atoms with Crippen LogP contribution in [0.4, 0.5) is 4.79 Å². The molecule has 1 saturated heterocycles. The second-order valence-corrected chi connectivity index (χ2v) is 5.72. The van der Waals surface area contributed by atoms with Gasteiger partial charge in [0.05, 0.1) is 5.41 Å². The Labute approximate surface area is 118 Å². The lowest BCUT2D eigenvalue weighted by atomic mass is 9.89. The molecule has 1 aliphatic heterocycles. The Morgan fingerprint density at radius 3 is 2.35 bits per heavy atom. The molecule has 1 aliphatic rings. The largest absolute Gasteiger partial charge is 0.481 e. The van der Waals surface area contributed by atoms with Crippen LogP contribution in [0, 0.1) is 5.41 Å². The molecule has 0 atom stereocenters. The van der Waals surface area contributed by atoms with Gasteiger partial charge in [-0.1, -0.05) is 0 Å². The van der Waals surface area contributed by atoms with Gasteiger partial charge >= 0.3 is 12.0 Å². The van der Waals surface area contributed by atoms with Crippen LogP contribution in [-0.4, -0.2) is 54.1 Å². The van der Waals surface area contributed by atoms with E-state index in [1.54, 1.807) is 0 Å². The molecule has 114 valence electrons. The molecule has 3 N–H and O–H groups in total. The minimum Gasteiger partial charge on any atom is -0.481 e. The first-order chi connectivity index (χ1) is 9.31. The Morgan fingerprint density at radius 2 is 1.80 bits per heavy atom. The van der Waals surface area contributed by atoms with Gasteiger partial charge in [-0.15, -0.1) is 0 Å². The zero-order valence-corrected chi connectivity index (χ0v) is 12.1. The van der Waals surface area contributed by atoms with Crippen molar-refractivity contribution >= 4 is 17.9 Å². The van der Waals surface area contributed by atoms with E-state index in [-0.39, 0.29) is 6.42 Å². The molecule has 0 bridgehead atoms. The lowest BCUT2D eigenvalue weighted by Gasteiger charge is -2.18. The van der Waals surface area contributed by atoms with Gasteiger partial charge < -0.3 is 15.3 Å². The van der Waals surface area contributed by atoms with Crippen molar-refractivity contribution in [1.29, 1.82) is 0 Å². The zero-order valence-electron chi connectivity index (χ0n) is 12.1. The summed E-state index contributed by atoms with van der Waals surface area (Å²) in [5.41, 5.74) is -1.18. The maximum Gasteiger partial charge on any atom is 0.321 e. The topological polar surface area (TPSA) is 98.7 Å². The molecule has 0 unspecified atom stereocenters. The molecule has 0 spiro atoms. The number of carbonyl (C=O) groups excluding carboxylic acids is 2. The maximum atomic E-state index is 11.5. The van der Waals surface area contributed by atoms with Crippen molar-refractivity contribution in [1.82, 2.24) is 15.5 Å². The second-order valence-electron chi connectivity index (χ2n) is 5.72. The van der Waals surface area contributed by atoms with Crippen LogP contribution in [0.3, 0.4) is 0 Å². The molecule has 7 heteroatoms. The Bertz CT molecular complexity index is 376. The smallest absolute Gasteiger partial charge is 0.321 e. The molecule has 1 fully saturated rings. The minimum atomic E-state index is -1.18. The highest BCUT2D eigenvalue weighted by molar-refractivity contribution is 5.96.